The van der Waals surface area contributed by atoms with Gasteiger partial charge in [0.25, 0.3) is 15.9 Å². The van der Waals surface area contributed by atoms with Crippen LogP contribution in [0, 0.1) is 0 Å². The molecule has 0 unspecified atom stereocenters. The summed E-state index contributed by atoms with van der Waals surface area (Å²) in [5.74, 6) is -0.218. The molecule has 3 N–H and O–H groups in total. The summed E-state index contributed by atoms with van der Waals surface area (Å²) >= 11 is 0. The lowest BCUT2D eigenvalue weighted by Crippen LogP contribution is -2.41. The molecule has 41 heavy (non-hydrogen) atoms. The third kappa shape index (κ3) is 6.42. The lowest BCUT2D eigenvalue weighted by Gasteiger charge is -2.09. The Morgan fingerprint density at radius 3 is 2.12 bits per heavy atom. The molecule has 0 aliphatic carbocycles. The van der Waals surface area contributed by atoms with Crippen LogP contribution >= 0.6 is 0 Å². The SMILES string of the molecule is O=C(NNS(=O)(=O)c1ccccc1)c1cccc(Nc2nc(-c3ccccc3)n(-c3ccc(C(F)(F)F)cc3)n2)c1. The van der Waals surface area contributed by atoms with Gasteiger partial charge in [0.05, 0.1) is 16.1 Å². The number of sulfonamides is 1. The fourth-order valence-corrected chi connectivity index (χ4v) is 4.68. The van der Waals surface area contributed by atoms with E-state index in [1.54, 1.807) is 54.6 Å². The number of nitrogens with zero attached hydrogens (tertiary/aromatic N) is 3. The topological polar surface area (TPSA) is 118 Å². The number of rotatable bonds is 8. The van der Waals surface area contributed by atoms with Crippen LogP contribution < -0.4 is 15.6 Å². The highest BCUT2D eigenvalue weighted by Crippen LogP contribution is 2.31. The first-order valence-electron chi connectivity index (χ1n) is 12.0. The van der Waals surface area contributed by atoms with Gasteiger partial charge in [-0.3, -0.25) is 10.2 Å². The molecule has 5 aromatic rings. The minimum absolute atomic E-state index is 0.0142. The van der Waals surface area contributed by atoms with Gasteiger partial charge in [-0.2, -0.15) is 18.2 Å². The van der Waals surface area contributed by atoms with Gasteiger partial charge in [0.15, 0.2) is 5.82 Å². The number of alkyl halides is 3. The van der Waals surface area contributed by atoms with Crippen molar-refractivity contribution in [3.8, 4) is 17.1 Å². The predicted molar refractivity (Wildman–Crippen MR) is 146 cm³/mol. The van der Waals surface area contributed by atoms with Gasteiger partial charge in [-0.25, -0.2) is 13.1 Å². The van der Waals surface area contributed by atoms with Crippen molar-refractivity contribution in [2.45, 2.75) is 11.1 Å². The second-order valence-electron chi connectivity index (χ2n) is 8.66. The molecule has 5 rings (SSSR count). The van der Waals surface area contributed by atoms with Crippen LogP contribution in [-0.4, -0.2) is 29.1 Å². The lowest BCUT2D eigenvalue weighted by molar-refractivity contribution is -0.137. The summed E-state index contributed by atoms with van der Waals surface area (Å²) < 4.78 is 65.4. The summed E-state index contributed by atoms with van der Waals surface area (Å²) in [6.45, 7) is 0. The maximum Gasteiger partial charge on any atom is 0.416 e. The van der Waals surface area contributed by atoms with Gasteiger partial charge in [0.2, 0.25) is 5.95 Å². The van der Waals surface area contributed by atoms with E-state index in [2.05, 4.69) is 25.7 Å². The molecule has 0 spiro atoms. The zero-order valence-electron chi connectivity index (χ0n) is 21.0. The minimum Gasteiger partial charge on any atom is -0.323 e. The number of carbonyl (C=O) groups excluding carboxylic acids is 1. The van der Waals surface area contributed by atoms with Crippen molar-refractivity contribution in [2.75, 3.05) is 5.32 Å². The van der Waals surface area contributed by atoms with E-state index >= 15 is 0 Å². The number of carbonyl (C=O) groups is 1. The molecule has 0 fully saturated rings. The molecular weight excluding hydrogens is 557 g/mol. The number of nitrogens with one attached hydrogen (secondary N) is 3. The highest BCUT2D eigenvalue weighted by atomic mass is 32.2. The monoisotopic (exact) mass is 578 g/mol. The predicted octanol–water partition coefficient (Wildman–Crippen LogP) is 5.32. The molecule has 4 aromatic carbocycles. The average molecular weight is 579 g/mol. The van der Waals surface area contributed by atoms with Gasteiger partial charge < -0.3 is 5.32 Å². The van der Waals surface area contributed by atoms with Crippen molar-refractivity contribution >= 4 is 27.6 Å². The lowest BCUT2D eigenvalue weighted by atomic mass is 10.2. The van der Waals surface area contributed by atoms with Gasteiger partial charge in [-0.15, -0.1) is 9.93 Å². The van der Waals surface area contributed by atoms with E-state index in [0.717, 1.165) is 12.1 Å². The molecule has 0 bridgehead atoms. The fourth-order valence-electron chi connectivity index (χ4n) is 3.82. The van der Waals surface area contributed by atoms with Crippen LogP contribution in [0.15, 0.2) is 114 Å². The molecule has 0 atom stereocenters. The zero-order valence-corrected chi connectivity index (χ0v) is 21.8. The number of hydrogen-bond donors (Lipinski definition) is 3. The van der Waals surface area contributed by atoms with Crippen molar-refractivity contribution in [1.82, 2.24) is 25.0 Å². The Bertz CT molecular complexity index is 1780. The minimum atomic E-state index is -4.48. The van der Waals surface area contributed by atoms with E-state index in [1.165, 1.54) is 41.1 Å². The molecule has 0 aliphatic heterocycles. The van der Waals surface area contributed by atoms with Crippen LogP contribution in [0.3, 0.4) is 0 Å². The van der Waals surface area contributed by atoms with Gasteiger partial charge >= 0.3 is 6.18 Å². The maximum absolute atomic E-state index is 13.1. The number of hydrazine groups is 1. The Labute approximate surface area is 232 Å². The number of aromatic nitrogens is 3. The summed E-state index contributed by atoms with van der Waals surface area (Å²) in [5, 5.41) is 7.43. The Balaban J connectivity index is 1.38. The normalized spacial score (nSPS) is 11.7. The van der Waals surface area contributed by atoms with Crippen molar-refractivity contribution in [1.29, 1.82) is 0 Å². The molecule has 1 amide bonds. The molecule has 1 heterocycles. The smallest absolute Gasteiger partial charge is 0.323 e. The van der Waals surface area contributed by atoms with Crippen molar-refractivity contribution in [3.05, 3.63) is 120 Å². The Morgan fingerprint density at radius 1 is 0.805 bits per heavy atom. The molecule has 1 aromatic heterocycles. The van der Waals surface area contributed by atoms with Crippen LogP contribution in [0.1, 0.15) is 15.9 Å². The standard InChI is InChI=1S/C28H21F3N6O3S/c29-28(30,31)21-14-16-23(17-15-21)37-25(19-8-3-1-4-9-19)33-27(35-37)32-22-11-7-10-20(18-22)26(38)34-36-41(39,40)24-12-5-2-6-13-24/h1-18,36H,(H,32,35)(H,34,38). The van der Waals surface area contributed by atoms with Gasteiger partial charge in [0, 0.05) is 16.8 Å². The highest BCUT2D eigenvalue weighted by molar-refractivity contribution is 7.89. The van der Waals surface area contributed by atoms with Crippen molar-refractivity contribution < 1.29 is 26.4 Å². The van der Waals surface area contributed by atoms with Crippen LogP contribution in [0.5, 0.6) is 0 Å². The Kier molecular flexibility index (Phi) is 7.55. The fraction of sp³-hybridized carbons (Fsp3) is 0.0357. The second-order valence-corrected chi connectivity index (χ2v) is 10.3. The molecule has 0 aliphatic rings. The van der Waals surface area contributed by atoms with Crippen molar-refractivity contribution in [2.24, 2.45) is 0 Å². The van der Waals surface area contributed by atoms with E-state index in [-0.39, 0.29) is 16.4 Å². The third-order valence-corrected chi connectivity index (χ3v) is 7.08. The molecule has 13 heteroatoms. The zero-order chi connectivity index (χ0) is 29.0. The van der Waals surface area contributed by atoms with Crippen LogP contribution in [0.4, 0.5) is 24.8 Å². The number of amides is 1. The summed E-state index contributed by atoms with van der Waals surface area (Å²) in [7, 11) is -3.97. The largest absolute Gasteiger partial charge is 0.416 e. The molecule has 0 saturated heterocycles. The number of hydrogen-bond acceptors (Lipinski definition) is 6. The number of anilines is 2. The molecule has 0 saturated carbocycles. The van der Waals surface area contributed by atoms with E-state index < -0.39 is 27.7 Å². The Morgan fingerprint density at radius 2 is 1.46 bits per heavy atom. The second kappa shape index (κ2) is 11.2. The third-order valence-electron chi connectivity index (χ3n) is 5.81. The van der Waals surface area contributed by atoms with Gasteiger partial charge in [0.1, 0.15) is 0 Å². The van der Waals surface area contributed by atoms with E-state index in [1.807, 2.05) is 6.07 Å². The highest BCUT2D eigenvalue weighted by Gasteiger charge is 2.30. The van der Waals surface area contributed by atoms with Crippen LogP contribution in [0.2, 0.25) is 0 Å². The quantitative estimate of drug-likeness (QED) is 0.215. The van der Waals surface area contributed by atoms with Gasteiger partial charge in [-0.1, -0.05) is 54.6 Å². The molecular formula is C28H21F3N6O3S. The average Bonchev–Trinajstić information content (AvgIpc) is 3.40. The summed E-state index contributed by atoms with van der Waals surface area (Å²) in [6.07, 6.45) is -4.48. The number of benzene rings is 4. The molecule has 9 nitrogen and oxygen atoms in total. The first-order chi connectivity index (χ1) is 19.6. The van der Waals surface area contributed by atoms with Crippen LogP contribution in [0.25, 0.3) is 17.1 Å². The summed E-state index contributed by atoms with van der Waals surface area (Å²) in [6, 6.07) is 27.2. The van der Waals surface area contributed by atoms with Crippen molar-refractivity contribution in [3.63, 3.8) is 0 Å². The van der Waals surface area contributed by atoms with Crippen LogP contribution in [-0.2, 0) is 16.2 Å². The first kappa shape index (κ1) is 27.6. The van der Waals surface area contributed by atoms with E-state index in [9.17, 15) is 26.4 Å². The first-order valence-corrected chi connectivity index (χ1v) is 13.5. The maximum atomic E-state index is 13.1. The van der Waals surface area contributed by atoms with E-state index in [0.29, 0.717) is 22.8 Å². The van der Waals surface area contributed by atoms with Gasteiger partial charge in [-0.05, 0) is 54.6 Å². The Hall–Kier alpha value is -5.01. The molecule has 208 valence electrons. The summed E-state index contributed by atoms with van der Waals surface area (Å²) in [4.78, 5) is 19.2. The summed E-state index contributed by atoms with van der Waals surface area (Å²) in [5.41, 5.74) is 2.97. The van der Waals surface area contributed by atoms with E-state index in [4.69, 9.17) is 0 Å². The number of halogens is 3. The molecule has 0 radical (unpaired) electrons.